The smallest absolute Gasteiger partial charge is 0.340 e. The summed E-state index contributed by atoms with van der Waals surface area (Å²) in [5, 5.41) is 10.7. The van der Waals surface area contributed by atoms with Crippen molar-refractivity contribution in [3.05, 3.63) is 101 Å². The summed E-state index contributed by atoms with van der Waals surface area (Å²) in [5.41, 5.74) is 2.83. The third-order valence-corrected chi connectivity index (χ3v) is 4.49. The molecule has 7 nitrogen and oxygen atoms in total. The highest BCUT2D eigenvalue weighted by Gasteiger charge is 2.17. The molecule has 3 aromatic carbocycles. The van der Waals surface area contributed by atoms with Crippen LogP contribution < -0.4 is 5.32 Å². The van der Waals surface area contributed by atoms with E-state index in [1.165, 1.54) is 0 Å². The third-order valence-electron chi connectivity index (χ3n) is 4.49. The number of amides is 1. The number of nitrogens with one attached hydrogen (secondary N) is 1. The molecule has 0 unspecified atom stereocenters. The maximum atomic E-state index is 12.6. The van der Waals surface area contributed by atoms with Crippen LogP contribution in [-0.4, -0.2) is 22.1 Å². The van der Waals surface area contributed by atoms with Gasteiger partial charge in [0.2, 0.25) is 5.89 Å². The number of benzene rings is 3. The first-order chi connectivity index (χ1) is 15.1. The highest BCUT2D eigenvalue weighted by atomic mass is 16.5. The van der Waals surface area contributed by atoms with Gasteiger partial charge in [-0.25, -0.2) is 4.79 Å². The highest BCUT2D eigenvalue weighted by Crippen LogP contribution is 2.20. The van der Waals surface area contributed by atoms with Gasteiger partial charge < -0.3 is 14.5 Å². The number of para-hydroxylation sites is 1. The Kier molecular flexibility index (Phi) is 5.84. The van der Waals surface area contributed by atoms with Crippen molar-refractivity contribution >= 4 is 17.6 Å². The van der Waals surface area contributed by atoms with Gasteiger partial charge >= 0.3 is 5.97 Å². The van der Waals surface area contributed by atoms with Gasteiger partial charge in [0.05, 0.1) is 11.3 Å². The van der Waals surface area contributed by atoms with E-state index >= 15 is 0 Å². The van der Waals surface area contributed by atoms with Crippen molar-refractivity contribution in [1.29, 1.82) is 0 Å². The van der Waals surface area contributed by atoms with Crippen LogP contribution in [0.25, 0.3) is 11.5 Å². The quantitative estimate of drug-likeness (QED) is 0.462. The lowest BCUT2D eigenvalue weighted by Crippen LogP contribution is -2.16. The monoisotopic (exact) mass is 413 g/mol. The molecule has 0 atom stereocenters. The van der Waals surface area contributed by atoms with E-state index in [0.717, 1.165) is 11.1 Å². The van der Waals surface area contributed by atoms with Crippen LogP contribution in [0.5, 0.6) is 0 Å². The molecule has 0 aliphatic rings. The molecular weight excluding hydrogens is 394 g/mol. The lowest BCUT2D eigenvalue weighted by molar-refractivity contribution is 0.0440. The molecule has 0 saturated heterocycles. The number of nitrogens with zero attached hydrogens (tertiary/aromatic N) is 2. The molecule has 31 heavy (non-hydrogen) atoms. The summed E-state index contributed by atoms with van der Waals surface area (Å²) in [4.78, 5) is 25.2. The van der Waals surface area contributed by atoms with Gasteiger partial charge in [-0.2, -0.15) is 0 Å². The predicted molar refractivity (Wildman–Crippen MR) is 114 cm³/mol. The van der Waals surface area contributed by atoms with Gasteiger partial charge in [0.15, 0.2) is 6.61 Å². The van der Waals surface area contributed by atoms with Crippen LogP contribution in [0.15, 0.2) is 83.3 Å². The van der Waals surface area contributed by atoms with Gasteiger partial charge in [-0.05, 0) is 43.3 Å². The van der Waals surface area contributed by atoms with E-state index in [1.807, 2.05) is 43.3 Å². The number of aromatic nitrogens is 2. The second-order valence-electron chi connectivity index (χ2n) is 6.81. The molecule has 0 aliphatic heterocycles. The van der Waals surface area contributed by atoms with E-state index in [2.05, 4.69) is 15.5 Å². The molecule has 0 bridgehead atoms. The lowest BCUT2D eigenvalue weighted by atomic mass is 10.1. The molecule has 4 aromatic rings. The first-order valence-electron chi connectivity index (χ1n) is 9.62. The van der Waals surface area contributed by atoms with Gasteiger partial charge in [0.1, 0.15) is 0 Å². The number of rotatable bonds is 6. The first-order valence-corrected chi connectivity index (χ1v) is 9.62. The van der Waals surface area contributed by atoms with Crippen LogP contribution in [0.4, 0.5) is 5.69 Å². The van der Waals surface area contributed by atoms with Crippen molar-refractivity contribution in [1.82, 2.24) is 10.2 Å². The zero-order chi connectivity index (χ0) is 21.6. The number of esters is 1. The number of carbonyl (C=O) groups is 2. The number of aryl methyl sites for hydroxylation is 1. The Morgan fingerprint density at radius 3 is 2.52 bits per heavy atom. The summed E-state index contributed by atoms with van der Waals surface area (Å²) in [6.45, 7) is 1.72. The Morgan fingerprint density at radius 2 is 1.71 bits per heavy atom. The minimum Gasteiger partial charge on any atom is -0.452 e. The third kappa shape index (κ3) is 4.84. The molecule has 1 aromatic heterocycles. The molecule has 0 aliphatic carbocycles. The number of hydrogen-bond acceptors (Lipinski definition) is 6. The molecule has 1 N–H and O–H groups in total. The molecule has 4 rings (SSSR count). The summed E-state index contributed by atoms with van der Waals surface area (Å²) in [6.07, 6.45) is 0. The lowest BCUT2D eigenvalue weighted by Gasteiger charge is -2.10. The average Bonchev–Trinajstić information content (AvgIpc) is 3.27. The first kappa shape index (κ1) is 20.0. The van der Waals surface area contributed by atoms with E-state index in [4.69, 9.17) is 9.15 Å². The predicted octanol–water partition coefficient (Wildman–Crippen LogP) is 4.65. The van der Waals surface area contributed by atoms with Crippen molar-refractivity contribution in [2.24, 2.45) is 0 Å². The van der Waals surface area contributed by atoms with E-state index in [-0.39, 0.29) is 24.0 Å². The molecule has 1 amide bonds. The molecule has 0 radical (unpaired) electrons. The SMILES string of the molecule is Cc1cccc(C(=O)Nc2ccccc2C(=O)OCc2nnc(-c3ccccc3)o2)c1. The largest absolute Gasteiger partial charge is 0.452 e. The number of ether oxygens (including phenoxy) is 1. The van der Waals surface area contributed by atoms with Crippen molar-refractivity contribution in [2.45, 2.75) is 13.5 Å². The fraction of sp³-hybridized carbons (Fsp3) is 0.0833. The fourth-order valence-electron chi connectivity index (χ4n) is 2.97. The molecule has 154 valence electrons. The average molecular weight is 413 g/mol. The Balaban J connectivity index is 1.44. The Morgan fingerprint density at radius 1 is 0.935 bits per heavy atom. The summed E-state index contributed by atoms with van der Waals surface area (Å²) in [6, 6.07) is 23.1. The minimum absolute atomic E-state index is 0.175. The van der Waals surface area contributed by atoms with Crippen molar-refractivity contribution in [3.8, 4) is 11.5 Å². The normalized spacial score (nSPS) is 10.5. The Bertz CT molecular complexity index is 1220. The molecular formula is C24H19N3O4. The molecule has 7 heteroatoms. The van der Waals surface area contributed by atoms with Gasteiger partial charge in [-0.15, -0.1) is 10.2 Å². The van der Waals surface area contributed by atoms with Crippen molar-refractivity contribution in [3.63, 3.8) is 0 Å². The summed E-state index contributed by atoms with van der Waals surface area (Å²) in [7, 11) is 0. The van der Waals surface area contributed by atoms with Crippen molar-refractivity contribution in [2.75, 3.05) is 5.32 Å². The van der Waals surface area contributed by atoms with Crippen molar-refractivity contribution < 1.29 is 18.7 Å². The number of hydrogen-bond donors (Lipinski definition) is 1. The topological polar surface area (TPSA) is 94.3 Å². The summed E-state index contributed by atoms with van der Waals surface area (Å²) in [5.74, 6) is -0.404. The minimum atomic E-state index is -0.611. The Hall–Kier alpha value is -4.26. The van der Waals surface area contributed by atoms with Crippen LogP contribution in [0.2, 0.25) is 0 Å². The van der Waals surface area contributed by atoms with Crippen LogP contribution in [-0.2, 0) is 11.3 Å². The zero-order valence-corrected chi connectivity index (χ0v) is 16.7. The second-order valence-corrected chi connectivity index (χ2v) is 6.81. The van der Waals surface area contributed by atoms with Crippen LogP contribution in [0, 0.1) is 6.92 Å². The standard InChI is InChI=1S/C24H19N3O4/c1-16-8-7-11-18(14-16)22(28)25-20-13-6-5-12-19(20)24(29)30-15-21-26-27-23(31-21)17-9-3-2-4-10-17/h2-14H,15H2,1H3,(H,25,28). The van der Waals surface area contributed by atoms with Gasteiger partial charge in [0.25, 0.3) is 11.8 Å². The molecule has 1 heterocycles. The highest BCUT2D eigenvalue weighted by molar-refractivity contribution is 6.08. The van der Waals surface area contributed by atoms with E-state index in [9.17, 15) is 9.59 Å². The maximum Gasteiger partial charge on any atom is 0.340 e. The molecule has 0 spiro atoms. The van der Waals surface area contributed by atoms with Gasteiger partial charge in [0, 0.05) is 11.1 Å². The van der Waals surface area contributed by atoms with E-state index < -0.39 is 5.97 Å². The second kappa shape index (κ2) is 9.04. The zero-order valence-electron chi connectivity index (χ0n) is 16.7. The van der Waals surface area contributed by atoms with Gasteiger partial charge in [-0.1, -0.05) is 48.0 Å². The van der Waals surface area contributed by atoms with E-state index in [1.54, 1.807) is 42.5 Å². The maximum absolute atomic E-state index is 12.6. The van der Waals surface area contributed by atoms with Crippen LogP contribution >= 0.6 is 0 Å². The van der Waals surface area contributed by atoms with E-state index in [0.29, 0.717) is 17.1 Å². The fourth-order valence-corrected chi connectivity index (χ4v) is 2.97. The van der Waals surface area contributed by atoms with Crippen LogP contribution in [0.1, 0.15) is 32.2 Å². The van der Waals surface area contributed by atoms with Gasteiger partial charge in [-0.3, -0.25) is 4.79 Å². The summed E-state index contributed by atoms with van der Waals surface area (Å²) < 4.78 is 10.9. The summed E-state index contributed by atoms with van der Waals surface area (Å²) >= 11 is 0. The number of anilines is 1. The Labute approximate surface area is 178 Å². The molecule has 0 saturated carbocycles. The number of carbonyl (C=O) groups excluding carboxylic acids is 2. The van der Waals surface area contributed by atoms with Crippen LogP contribution in [0.3, 0.4) is 0 Å². The molecule has 0 fully saturated rings.